The summed E-state index contributed by atoms with van der Waals surface area (Å²) in [4.78, 5) is 111. The van der Waals surface area contributed by atoms with Crippen molar-refractivity contribution < 1.29 is 78.3 Å². The summed E-state index contributed by atoms with van der Waals surface area (Å²) in [6, 6.07) is 46.1. The zero-order valence-electron chi connectivity index (χ0n) is 48.1. The van der Waals surface area contributed by atoms with Gasteiger partial charge in [-0.25, -0.2) is 24.0 Å². The van der Waals surface area contributed by atoms with Crippen molar-refractivity contribution in [2.75, 3.05) is 35.8 Å². The minimum Gasteiger partial charge on any atom is -0.455 e. The van der Waals surface area contributed by atoms with E-state index in [1.54, 1.807) is 146 Å². The van der Waals surface area contributed by atoms with Crippen molar-refractivity contribution >= 4 is 47.1 Å². The molecule has 3 amide bonds. The fourth-order valence-electron chi connectivity index (χ4n) is 9.45. The van der Waals surface area contributed by atoms with E-state index in [0.717, 1.165) is 13.7 Å². The lowest BCUT2D eigenvalue weighted by molar-refractivity contribution is -0.212. The molecule has 91 heavy (non-hydrogen) atoms. The van der Waals surface area contributed by atoms with Crippen LogP contribution in [0.1, 0.15) is 77.4 Å². The number of aliphatic hydroxyl groups is 6. The van der Waals surface area contributed by atoms with Gasteiger partial charge < -0.3 is 70.3 Å². The molecule has 11 rings (SSSR count). The Balaban J connectivity index is 0.000000163. The average molecular weight is 1250 g/mol. The molecule has 3 aliphatic rings. The summed E-state index contributed by atoms with van der Waals surface area (Å²) in [6.45, 7) is 1.42. The fraction of sp³-hybridized carbons (Fsp3) is 0.254. The number of benzene rings is 5. The van der Waals surface area contributed by atoms with E-state index in [1.165, 1.54) is 48.9 Å². The van der Waals surface area contributed by atoms with Gasteiger partial charge in [-0.2, -0.15) is 15.0 Å². The SMILES string of the molecule is CC1COC(n2ccc(NC(=O)c3ccccc3)nc2=O)C(O)C1OC(=O)c1ccccc1.O=C(Nc1ccn(C2OCC(O)C(O)C2O)c(=O)n1)c1ccccc1.O=C(Nc1ccn(C2OCC(O)C(O)C2OC(=O)c2ccccc2)c(=O)n1)c1ccccc1. The first kappa shape index (κ1) is 65.2. The maximum absolute atomic E-state index is 12.7. The lowest BCUT2D eigenvalue weighted by atomic mass is 9.96. The van der Waals surface area contributed by atoms with E-state index in [0.29, 0.717) is 22.3 Å². The Kier molecular flexibility index (Phi) is 21.7. The van der Waals surface area contributed by atoms with E-state index >= 15 is 0 Å². The monoisotopic (exact) mass is 1250 g/mol. The molecule has 0 aliphatic carbocycles. The minimum absolute atomic E-state index is 0.0133. The van der Waals surface area contributed by atoms with Crippen LogP contribution in [-0.4, -0.2) is 158 Å². The summed E-state index contributed by atoms with van der Waals surface area (Å²) in [5.41, 5.74) is -0.501. The molecule has 3 aliphatic heterocycles. The summed E-state index contributed by atoms with van der Waals surface area (Å²) in [5.74, 6) is -2.77. The normalized spacial score (nSPS) is 23.4. The summed E-state index contributed by atoms with van der Waals surface area (Å²) < 4.78 is 30.5. The number of esters is 2. The maximum atomic E-state index is 12.7. The van der Waals surface area contributed by atoms with Crippen LogP contribution in [-0.2, 0) is 23.7 Å². The lowest BCUT2D eigenvalue weighted by Crippen LogP contribution is -2.54. The van der Waals surface area contributed by atoms with Crippen LogP contribution in [0.5, 0.6) is 0 Å². The smallest absolute Gasteiger partial charge is 0.351 e. The van der Waals surface area contributed by atoms with Crippen molar-refractivity contribution in [3.63, 3.8) is 0 Å². The van der Waals surface area contributed by atoms with Crippen LogP contribution in [0, 0.1) is 5.92 Å². The average Bonchev–Trinajstić information content (AvgIpc) is 1.36. The fourth-order valence-corrected chi connectivity index (χ4v) is 9.45. The summed E-state index contributed by atoms with van der Waals surface area (Å²) in [7, 11) is 0. The zero-order valence-corrected chi connectivity index (χ0v) is 48.1. The number of hydrogen-bond donors (Lipinski definition) is 9. The molecular formula is C63H61N9O19. The summed E-state index contributed by atoms with van der Waals surface area (Å²) in [5, 5.41) is 68.0. The number of carbonyl (C=O) groups is 5. The third-order valence-corrected chi connectivity index (χ3v) is 14.3. The number of rotatable bonds is 13. The predicted molar refractivity (Wildman–Crippen MR) is 320 cm³/mol. The number of aliphatic hydroxyl groups excluding tert-OH is 6. The molecule has 0 saturated carbocycles. The van der Waals surface area contributed by atoms with Crippen molar-refractivity contribution in [1.29, 1.82) is 0 Å². The summed E-state index contributed by atoms with van der Waals surface area (Å²) in [6.07, 6.45) is -10.1. The van der Waals surface area contributed by atoms with Crippen molar-refractivity contribution in [1.82, 2.24) is 28.7 Å². The van der Waals surface area contributed by atoms with Gasteiger partial charge in [-0.3, -0.25) is 28.1 Å². The molecule has 9 N–H and O–H groups in total. The number of anilines is 3. The molecule has 12 unspecified atom stereocenters. The van der Waals surface area contributed by atoms with E-state index in [-0.39, 0.29) is 48.8 Å². The number of hydrogen-bond acceptors (Lipinski definition) is 22. The van der Waals surface area contributed by atoms with E-state index in [2.05, 4.69) is 30.9 Å². The molecule has 3 fully saturated rings. The highest BCUT2D eigenvalue weighted by molar-refractivity contribution is 6.05. The second kappa shape index (κ2) is 30.3. The molecule has 5 aromatic carbocycles. The van der Waals surface area contributed by atoms with Gasteiger partial charge in [0.2, 0.25) is 0 Å². The maximum Gasteiger partial charge on any atom is 0.351 e. The third-order valence-electron chi connectivity index (χ3n) is 14.3. The number of ether oxygens (including phenoxy) is 5. The Hall–Kier alpha value is -10.3. The first-order chi connectivity index (χ1) is 43.8. The van der Waals surface area contributed by atoms with Crippen LogP contribution in [0.15, 0.2) is 203 Å². The highest BCUT2D eigenvalue weighted by Crippen LogP contribution is 2.31. The van der Waals surface area contributed by atoms with Crippen LogP contribution in [0.4, 0.5) is 17.5 Å². The van der Waals surface area contributed by atoms with E-state index in [1.807, 2.05) is 0 Å². The van der Waals surface area contributed by atoms with Gasteiger partial charge in [0.1, 0.15) is 60.2 Å². The third kappa shape index (κ3) is 16.3. The highest BCUT2D eigenvalue weighted by atomic mass is 16.6. The van der Waals surface area contributed by atoms with Gasteiger partial charge in [-0.05, 0) is 78.9 Å². The molecule has 0 spiro atoms. The predicted octanol–water partition coefficient (Wildman–Crippen LogP) is 2.33. The van der Waals surface area contributed by atoms with Crippen LogP contribution >= 0.6 is 0 Å². The number of amides is 3. The molecule has 6 heterocycles. The molecule has 8 aromatic rings. The molecule has 0 bridgehead atoms. The molecule has 3 aromatic heterocycles. The number of carbonyl (C=O) groups excluding carboxylic acids is 5. The Labute approximate surface area is 516 Å². The topological polar surface area (TPSA) is 394 Å². The van der Waals surface area contributed by atoms with Crippen LogP contribution in [0.25, 0.3) is 0 Å². The minimum atomic E-state index is -1.50. The van der Waals surface area contributed by atoms with Gasteiger partial charge in [-0.15, -0.1) is 0 Å². The molecule has 28 heteroatoms. The Morgan fingerprint density at radius 2 is 0.703 bits per heavy atom. The number of nitrogens with one attached hydrogen (secondary N) is 3. The molecule has 3 saturated heterocycles. The van der Waals surface area contributed by atoms with Crippen molar-refractivity contribution in [3.8, 4) is 0 Å². The van der Waals surface area contributed by atoms with Crippen LogP contribution in [0.2, 0.25) is 0 Å². The van der Waals surface area contributed by atoms with Crippen molar-refractivity contribution in [3.05, 3.63) is 248 Å². The quantitative estimate of drug-likeness (QED) is 0.0748. The second-order valence-corrected chi connectivity index (χ2v) is 20.7. The summed E-state index contributed by atoms with van der Waals surface area (Å²) >= 11 is 0. The number of nitrogens with zero attached hydrogens (tertiary/aromatic N) is 6. The van der Waals surface area contributed by atoms with E-state index in [9.17, 15) is 69.0 Å². The zero-order chi connectivity index (χ0) is 64.7. The first-order valence-corrected chi connectivity index (χ1v) is 28.2. The lowest BCUT2D eigenvalue weighted by Gasteiger charge is -2.38. The van der Waals surface area contributed by atoms with E-state index in [4.69, 9.17) is 23.7 Å². The van der Waals surface area contributed by atoms with Crippen LogP contribution < -0.4 is 33.0 Å². The highest BCUT2D eigenvalue weighted by Gasteiger charge is 2.44. The molecular weight excluding hydrogens is 1190 g/mol. The van der Waals surface area contributed by atoms with Crippen molar-refractivity contribution in [2.24, 2.45) is 5.92 Å². The van der Waals surface area contributed by atoms with Gasteiger partial charge in [0.15, 0.2) is 24.8 Å². The molecule has 12 atom stereocenters. The first-order valence-electron chi connectivity index (χ1n) is 28.2. The molecule has 0 radical (unpaired) electrons. The molecule has 28 nitrogen and oxygen atoms in total. The van der Waals surface area contributed by atoms with Gasteiger partial charge in [0.05, 0.1) is 30.9 Å². The van der Waals surface area contributed by atoms with Crippen LogP contribution in [0.3, 0.4) is 0 Å². The second-order valence-electron chi connectivity index (χ2n) is 20.7. The van der Waals surface area contributed by atoms with Gasteiger partial charge in [0, 0.05) is 41.2 Å². The van der Waals surface area contributed by atoms with Crippen molar-refractivity contribution in [2.45, 2.75) is 74.4 Å². The Bertz CT molecular complexity index is 3980. The van der Waals surface area contributed by atoms with Gasteiger partial charge >= 0.3 is 29.0 Å². The van der Waals surface area contributed by atoms with Gasteiger partial charge in [-0.1, -0.05) is 97.9 Å². The Morgan fingerprint density at radius 3 is 1.08 bits per heavy atom. The Morgan fingerprint density at radius 1 is 0.396 bits per heavy atom. The van der Waals surface area contributed by atoms with E-state index < -0.39 is 114 Å². The largest absolute Gasteiger partial charge is 0.455 e. The molecule has 472 valence electrons. The van der Waals surface area contributed by atoms with Gasteiger partial charge in [0.25, 0.3) is 17.7 Å². The standard InChI is InChI=1S/C24H23N3O6.C23H21N3O7.C16H17N3O6/c1-15-14-32-22(19(28)20(15)33-23(30)17-10-6-3-7-11-17)27-13-12-18(26-24(27)31)25-21(29)16-8-4-2-5-9-16;27-16-13-32-21(19(18(16)28)33-22(30)15-9-5-2-6-10-15)26-12-11-17(25-23(26)31)24-20(29)14-7-3-1-4-8-14;20-10-8-25-15(13(22)12(10)21)19-7-6-11(18-16(19)24)17-14(23)9-4-2-1-3-5-9/h2-13,15,19-20,22,28H,14H2,1H3,(H,25,26,29,31);1-12,16,18-19,21,27-28H,13H2,(H,24,25,29,31);1-7,10,12-13,15,20-22H,8H2,(H,17,18,23,24). The number of aromatic nitrogens is 6.